The molecule has 2 nitrogen and oxygen atoms in total. The van der Waals surface area contributed by atoms with E-state index in [1.54, 1.807) is 18.2 Å². The number of hydrogen-bond donors (Lipinski definition) is 0. The first-order valence-corrected chi connectivity index (χ1v) is 6.24. The number of ketones is 2. The third kappa shape index (κ3) is 2.34. The Balaban J connectivity index is 2.67. The monoisotopic (exact) mass is 320 g/mol. The van der Waals surface area contributed by atoms with Crippen LogP contribution in [0.1, 0.15) is 5.56 Å². The van der Waals surface area contributed by atoms with Crippen molar-refractivity contribution in [1.82, 2.24) is 0 Å². The van der Waals surface area contributed by atoms with Gasteiger partial charge in [0.1, 0.15) is 5.03 Å². The first-order valence-electron chi connectivity index (χ1n) is 4.73. The van der Waals surface area contributed by atoms with Crippen LogP contribution in [-0.4, -0.2) is 11.6 Å². The van der Waals surface area contributed by atoms with Crippen molar-refractivity contribution in [1.29, 1.82) is 0 Å². The molecular weight excluding hydrogens is 318 g/mol. The number of allylic oxidation sites excluding steroid dienone is 4. The molecule has 1 aromatic rings. The van der Waals surface area contributed by atoms with Crippen LogP contribution in [0.25, 0.3) is 5.57 Å². The van der Waals surface area contributed by atoms with Gasteiger partial charge in [0.25, 0.3) is 0 Å². The molecule has 0 aliphatic heterocycles. The summed E-state index contributed by atoms with van der Waals surface area (Å²) in [5.41, 5.74) is 0.743. The number of carbonyl (C=O) groups excluding carboxylic acids is 2. The lowest BCUT2D eigenvalue weighted by atomic mass is 9.98. The van der Waals surface area contributed by atoms with Gasteiger partial charge in [0.2, 0.25) is 11.6 Å². The van der Waals surface area contributed by atoms with E-state index in [1.807, 2.05) is 0 Å². The molecule has 6 heteroatoms. The van der Waals surface area contributed by atoms with Gasteiger partial charge in [-0.1, -0.05) is 46.4 Å². The minimum Gasteiger partial charge on any atom is -0.284 e. The quantitative estimate of drug-likeness (QED) is 0.573. The van der Waals surface area contributed by atoms with Crippen molar-refractivity contribution in [2.24, 2.45) is 0 Å². The Hall–Kier alpha value is -0.800. The van der Waals surface area contributed by atoms with Crippen molar-refractivity contribution in [3.05, 3.63) is 49.9 Å². The summed E-state index contributed by atoms with van der Waals surface area (Å²) in [5, 5.41) is 0.375. The Kier molecular flexibility index (Phi) is 3.83. The molecule has 0 aromatic heterocycles. The highest BCUT2D eigenvalue weighted by atomic mass is 35.5. The average Bonchev–Trinajstić information content (AvgIpc) is 2.34. The standard InChI is InChI=1S/C12H4Cl4O2/c13-5-1-2-8(14)6(3-5)7-4-9(15)11(17)12(18)10(7)16/h1-4H. The largest absolute Gasteiger partial charge is 0.284 e. The molecule has 0 atom stereocenters. The van der Waals surface area contributed by atoms with Gasteiger partial charge in [-0.25, -0.2) is 0 Å². The lowest BCUT2D eigenvalue weighted by Gasteiger charge is -2.13. The minimum absolute atomic E-state index is 0.199. The maximum atomic E-state index is 11.6. The second kappa shape index (κ2) is 5.06. The summed E-state index contributed by atoms with van der Waals surface area (Å²) in [4.78, 5) is 22.9. The first kappa shape index (κ1) is 13.6. The highest BCUT2D eigenvalue weighted by Gasteiger charge is 2.29. The Labute approximate surface area is 123 Å². The smallest absolute Gasteiger partial charge is 0.246 e. The molecule has 0 heterocycles. The van der Waals surface area contributed by atoms with Crippen molar-refractivity contribution in [2.45, 2.75) is 0 Å². The SMILES string of the molecule is O=C1C(=O)C(Cl)=C(c2cc(Cl)ccc2Cl)C=C1Cl. The van der Waals surface area contributed by atoms with E-state index in [0.717, 1.165) is 0 Å². The molecule has 92 valence electrons. The summed E-state index contributed by atoms with van der Waals surface area (Å²) in [6, 6.07) is 4.72. The second-order valence-electron chi connectivity index (χ2n) is 3.50. The molecule has 1 aliphatic carbocycles. The molecule has 0 N–H and O–H groups in total. The van der Waals surface area contributed by atoms with Crippen LogP contribution < -0.4 is 0 Å². The molecular formula is C12H4Cl4O2. The lowest BCUT2D eigenvalue weighted by molar-refractivity contribution is -0.131. The maximum Gasteiger partial charge on any atom is 0.246 e. The van der Waals surface area contributed by atoms with Crippen molar-refractivity contribution in [3.8, 4) is 0 Å². The molecule has 2 rings (SSSR count). The van der Waals surface area contributed by atoms with Gasteiger partial charge in [-0.2, -0.15) is 0 Å². The molecule has 0 bridgehead atoms. The van der Waals surface area contributed by atoms with Crippen LogP contribution in [0.15, 0.2) is 34.3 Å². The van der Waals surface area contributed by atoms with Gasteiger partial charge in [0.15, 0.2) is 0 Å². The zero-order valence-corrected chi connectivity index (χ0v) is 11.7. The van der Waals surface area contributed by atoms with Crippen molar-refractivity contribution < 1.29 is 9.59 Å². The van der Waals surface area contributed by atoms with E-state index in [1.165, 1.54) is 6.08 Å². The van der Waals surface area contributed by atoms with Gasteiger partial charge < -0.3 is 0 Å². The molecule has 0 saturated carbocycles. The van der Waals surface area contributed by atoms with Crippen LogP contribution in [0, 0.1) is 0 Å². The van der Waals surface area contributed by atoms with E-state index >= 15 is 0 Å². The van der Waals surface area contributed by atoms with Crippen LogP contribution in [0.2, 0.25) is 10.0 Å². The van der Waals surface area contributed by atoms with Gasteiger partial charge in [-0.05, 0) is 24.3 Å². The Bertz CT molecular complexity index is 625. The molecule has 0 amide bonds. The van der Waals surface area contributed by atoms with Gasteiger partial charge in [-0.15, -0.1) is 0 Å². The molecule has 0 spiro atoms. The normalized spacial score (nSPS) is 16.1. The van der Waals surface area contributed by atoms with Gasteiger partial charge in [0.05, 0.1) is 5.03 Å². The predicted molar refractivity (Wildman–Crippen MR) is 73.2 cm³/mol. The Morgan fingerprint density at radius 1 is 0.889 bits per heavy atom. The highest BCUT2D eigenvalue weighted by Crippen LogP contribution is 2.35. The fourth-order valence-corrected chi connectivity index (χ4v) is 2.31. The molecule has 0 saturated heterocycles. The summed E-state index contributed by atoms with van der Waals surface area (Å²) in [5.74, 6) is -1.68. The fourth-order valence-electron chi connectivity index (χ4n) is 1.49. The molecule has 0 radical (unpaired) electrons. The molecule has 1 aromatic carbocycles. The molecule has 0 unspecified atom stereocenters. The summed E-state index contributed by atoms with van der Waals surface area (Å²) in [7, 11) is 0. The number of hydrogen-bond acceptors (Lipinski definition) is 2. The zero-order valence-electron chi connectivity index (χ0n) is 8.64. The third-order valence-corrected chi connectivity index (χ3v) is 3.57. The van der Waals surface area contributed by atoms with Crippen LogP contribution >= 0.6 is 46.4 Å². The minimum atomic E-state index is -0.852. The van der Waals surface area contributed by atoms with Crippen LogP contribution in [0.4, 0.5) is 0 Å². The number of benzene rings is 1. The van der Waals surface area contributed by atoms with Crippen molar-refractivity contribution in [2.75, 3.05) is 0 Å². The van der Waals surface area contributed by atoms with Crippen LogP contribution in [0.3, 0.4) is 0 Å². The van der Waals surface area contributed by atoms with E-state index in [4.69, 9.17) is 46.4 Å². The second-order valence-corrected chi connectivity index (χ2v) is 5.13. The fraction of sp³-hybridized carbons (Fsp3) is 0. The lowest BCUT2D eigenvalue weighted by Crippen LogP contribution is -2.18. The van der Waals surface area contributed by atoms with Crippen LogP contribution in [-0.2, 0) is 9.59 Å². The average molecular weight is 322 g/mol. The maximum absolute atomic E-state index is 11.6. The molecule has 1 aliphatic rings. The molecule has 0 fully saturated rings. The van der Waals surface area contributed by atoms with E-state index in [-0.39, 0.29) is 10.1 Å². The number of carbonyl (C=O) groups is 2. The summed E-state index contributed by atoms with van der Waals surface area (Å²) >= 11 is 23.4. The summed E-state index contributed by atoms with van der Waals surface area (Å²) < 4.78 is 0. The van der Waals surface area contributed by atoms with E-state index < -0.39 is 11.6 Å². The number of rotatable bonds is 1. The zero-order chi connectivity index (χ0) is 13.4. The van der Waals surface area contributed by atoms with E-state index in [2.05, 4.69) is 0 Å². The van der Waals surface area contributed by atoms with E-state index in [0.29, 0.717) is 21.2 Å². The Morgan fingerprint density at radius 2 is 1.56 bits per heavy atom. The topological polar surface area (TPSA) is 34.1 Å². The molecule has 18 heavy (non-hydrogen) atoms. The van der Waals surface area contributed by atoms with Gasteiger partial charge in [0, 0.05) is 21.2 Å². The highest BCUT2D eigenvalue weighted by molar-refractivity contribution is 6.70. The van der Waals surface area contributed by atoms with E-state index in [9.17, 15) is 9.59 Å². The summed E-state index contributed by atoms with van der Waals surface area (Å²) in [6.07, 6.45) is 1.31. The third-order valence-electron chi connectivity index (χ3n) is 2.35. The first-order chi connectivity index (χ1) is 8.41. The predicted octanol–water partition coefficient (Wildman–Crippen LogP) is 4.22. The number of Topliss-reactive ketones (excluding diaryl/α,β-unsaturated/α-hetero) is 2. The summed E-state index contributed by atoms with van der Waals surface area (Å²) in [6.45, 7) is 0. The van der Waals surface area contributed by atoms with Gasteiger partial charge in [-0.3, -0.25) is 9.59 Å². The number of halogens is 4. The Morgan fingerprint density at radius 3 is 2.22 bits per heavy atom. The van der Waals surface area contributed by atoms with Crippen molar-refractivity contribution in [3.63, 3.8) is 0 Å². The van der Waals surface area contributed by atoms with Gasteiger partial charge >= 0.3 is 0 Å². The van der Waals surface area contributed by atoms with Crippen LogP contribution in [0.5, 0.6) is 0 Å². The van der Waals surface area contributed by atoms with Crippen molar-refractivity contribution >= 4 is 63.5 Å².